The van der Waals surface area contributed by atoms with E-state index in [0.29, 0.717) is 12.0 Å². The van der Waals surface area contributed by atoms with Crippen LogP contribution in [0, 0.1) is 0 Å². The molecule has 9 nitrogen and oxygen atoms in total. The maximum atomic E-state index is 12.0. The lowest BCUT2D eigenvalue weighted by Gasteiger charge is -2.38. The molecule has 3 heterocycles. The number of sulfone groups is 1. The molecule has 2 aromatic heterocycles. The topological polar surface area (TPSA) is 96.3 Å². The molecule has 0 aliphatic carbocycles. The first-order chi connectivity index (χ1) is 20.6. The zero-order valence-electron chi connectivity index (χ0n) is 25.2. The number of fused-ring (bicyclic) bond motifs is 1. The third kappa shape index (κ3) is 5.72. The lowest BCUT2D eigenvalue weighted by Crippen LogP contribution is -2.48. The third-order valence-electron chi connectivity index (χ3n) is 8.32. The van der Waals surface area contributed by atoms with E-state index < -0.39 is 9.84 Å². The van der Waals surface area contributed by atoms with E-state index in [4.69, 9.17) is 4.98 Å². The molecule has 0 saturated carbocycles. The smallest absolute Gasteiger partial charge is 0.222 e. The van der Waals surface area contributed by atoms with Crippen LogP contribution in [0.5, 0.6) is 0 Å². The standard InChI is InChI=1S/C33H37N7O2S/c1-22(2)39-14-16-40(17-15-39)27-10-6-23(7-11-27)25-18-29(26-20-35-33(34-3)36-21-26)31-30(19-25)38(4)32(37-31)24-8-12-28(13-9-24)43(5,41)42/h6-13,18-22H,14-17H2,1-5H3,(H,34,35,36). The van der Waals surface area contributed by atoms with Crippen molar-refractivity contribution in [2.45, 2.75) is 24.8 Å². The minimum Gasteiger partial charge on any atom is -0.369 e. The van der Waals surface area contributed by atoms with Gasteiger partial charge in [0.15, 0.2) is 9.84 Å². The van der Waals surface area contributed by atoms with Crippen LogP contribution in [0.2, 0.25) is 0 Å². The van der Waals surface area contributed by atoms with E-state index in [1.165, 1.54) is 11.9 Å². The molecule has 0 atom stereocenters. The van der Waals surface area contributed by atoms with Crippen molar-refractivity contribution < 1.29 is 8.42 Å². The Balaban J connectivity index is 1.41. The Hall–Kier alpha value is -4.28. The molecular weight excluding hydrogens is 558 g/mol. The molecule has 1 N–H and O–H groups in total. The first-order valence-corrected chi connectivity index (χ1v) is 16.4. The summed E-state index contributed by atoms with van der Waals surface area (Å²) in [5.74, 6) is 1.30. The first-order valence-electron chi connectivity index (χ1n) is 14.5. The van der Waals surface area contributed by atoms with Gasteiger partial charge < -0.3 is 14.8 Å². The average Bonchev–Trinajstić information content (AvgIpc) is 3.36. The van der Waals surface area contributed by atoms with Crippen LogP contribution in [0.4, 0.5) is 11.6 Å². The van der Waals surface area contributed by atoms with Gasteiger partial charge in [-0.05, 0) is 73.5 Å². The van der Waals surface area contributed by atoms with Gasteiger partial charge in [0.1, 0.15) is 5.82 Å². The van der Waals surface area contributed by atoms with Crippen LogP contribution in [0.1, 0.15) is 13.8 Å². The number of aromatic nitrogens is 4. The number of imidazole rings is 1. The fourth-order valence-corrected chi connectivity index (χ4v) is 6.37. The molecule has 10 heteroatoms. The second-order valence-corrected chi connectivity index (χ2v) is 13.4. The molecule has 0 bridgehead atoms. The van der Waals surface area contributed by atoms with Gasteiger partial charge in [0.2, 0.25) is 5.95 Å². The highest BCUT2D eigenvalue weighted by atomic mass is 32.2. The molecule has 6 rings (SSSR count). The summed E-state index contributed by atoms with van der Waals surface area (Å²) in [7, 11) is 0.494. The van der Waals surface area contributed by atoms with E-state index in [1.54, 1.807) is 19.2 Å². The first kappa shape index (κ1) is 28.8. The predicted molar refractivity (Wildman–Crippen MR) is 174 cm³/mol. The predicted octanol–water partition coefficient (Wildman–Crippen LogP) is 5.34. The molecule has 43 heavy (non-hydrogen) atoms. The molecule has 5 aromatic rings. The van der Waals surface area contributed by atoms with Crippen LogP contribution in [0.25, 0.3) is 44.7 Å². The Kier molecular flexibility index (Phi) is 7.66. The van der Waals surface area contributed by atoms with E-state index in [9.17, 15) is 8.42 Å². The summed E-state index contributed by atoms with van der Waals surface area (Å²) in [4.78, 5) is 19.2. The zero-order valence-corrected chi connectivity index (χ0v) is 26.1. The number of piperazine rings is 1. The van der Waals surface area contributed by atoms with Gasteiger partial charge in [-0.1, -0.05) is 12.1 Å². The highest BCUT2D eigenvalue weighted by molar-refractivity contribution is 7.90. The summed E-state index contributed by atoms with van der Waals surface area (Å²) < 4.78 is 26.1. The molecule has 0 unspecified atom stereocenters. The Morgan fingerprint density at radius 3 is 2.02 bits per heavy atom. The number of aryl methyl sites for hydroxylation is 1. The summed E-state index contributed by atoms with van der Waals surface area (Å²) in [6, 6.07) is 20.6. The maximum Gasteiger partial charge on any atom is 0.222 e. The van der Waals surface area contributed by atoms with Gasteiger partial charge in [0, 0.05) is 87.3 Å². The van der Waals surface area contributed by atoms with E-state index in [-0.39, 0.29) is 4.90 Å². The largest absolute Gasteiger partial charge is 0.369 e. The van der Waals surface area contributed by atoms with Crippen LogP contribution >= 0.6 is 0 Å². The number of nitrogens with one attached hydrogen (secondary N) is 1. The van der Waals surface area contributed by atoms with Crippen molar-refractivity contribution in [3.05, 3.63) is 73.1 Å². The van der Waals surface area contributed by atoms with E-state index in [0.717, 1.165) is 70.9 Å². The Morgan fingerprint density at radius 2 is 1.44 bits per heavy atom. The molecule has 1 aliphatic heterocycles. The minimum absolute atomic E-state index is 0.282. The Labute approximate surface area is 253 Å². The van der Waals surface area contributed by atoms with Crippen LogP contribution < -0.4 is 10.2 Å². The maximum absolute atomic E-state index is 12.0. The van der Waals surface area contributed by atoms with E-state index in [1.807, 2.05) is 31.6 Å². The van der Waals surface area contributed by atoms with Crippen molar-refractivity contribution in [1.82, 2.24) is 24.4 Å². The van der Waals surface area contributed by atoms with Gasteiger partial charge in [-0.2, -0.15) is 0 Å². The van der Waals surface area contributed by atoms with Crippen molar-refractivity contribution in [2.24, 2.45) is 7.05 Å². The number of hydrogen-bond donors (Lipinski definition) is 1. The SMILES string of the molecule is CNc1ncc(-c2cc(-c3ccc(N4CCN(C(C)C)CC4)cc3)cc3c2nc(-c2ccc(S(C)(=O)=O)cc2)n3C)cn1. The molecular formula is C33H37N7O2S. The number of nitrogens with zero attached hydrogens (tertiary/aromatic N) is 6. The molecule has 0 radical (unpaired) electrons. The lowest BCUT2D eigenvalue weighted by molar-refractivity contribution is 0.209. The minimum atomic E-state index is -3.29. The molecule has 1 fully saturated rings. The number of hydrogen-bond acceptors (Lipinski definition) is 8. The second kappa shape index (κ2) is 11.4. The van der Waals surface area contributed by atoms with Crippen molar-refractivity contribution in [2.75, 3.05) is 49.7 Å². The molecule has 0 spiro atoms. The van der Waals surface area contributed by atoms with Crippen LogP contribution in [0.15, 0.2) is 78.0 Å². The van der Waals surface area contributed by atoms with Crippen molar-refractivity contribution >= 4 is 32.5 Å². The highest BCUT2D eigenvalue weighted by Crippen LogP contribution is 2.36. The van der Waals surface area contributed by atoms with Gasteiger partial charge in [-0.3, -0.25) is 4.90 Å². The van der Waals surface area contributed by atoms with E-state index >= 15 is 0 Å². The molecule has 222 valence electrons. The number of benzene rings is 3. The summed E-state index contributed by atoms with van der Waals surface area (Å²) in [6.07, 6.45) is 4.84. The number of rotatable bonds is 7. The molecule has 0 amide bonds. The normalized spacial score (nSPS) is 14.5. The fourth-order valence-electron chi connectivity index (χ4n) is 5.74. The van der Waals surface area contributed by atoms with Crippen molar-refractivity contribution in [1.29, 1.82) is 0 Å². The summed E-state index contributed by atoms with van der Waals surface area (Å²) in [5.41, 5.74) is 7.84. The van der Waals surface area contributed by atoms with Crippen LogP contribution in [-0.2, 0) is 16.9 Å². The summed E-state index contributed by atoms with van der Waals surface area (Å²) in [5, 5.41) is 2.98. The van der Waals surface area contributed by atoms with Crippen LogP contribution in [-0.4, -0.2) is 78.4 Å². The van der Waals surface area contributed by atoms with E-state index in [2.05, 4.69) is 79.9 Å². The highest BCUT2D eigenvalue weighted by Gasteiger charge is 2.20. The van der Waals surface area contributed by atoms with Gasteiger partial charge >= 0.3 is 0 Å². The zero-order chi connectivity index (χ0) is 30.3. The summed E-state index contributed by atoms with van der Waals surface area (Å²) in [6.45, 7) is 8.73. The molecule has 3 aromatic carbocycles. The number of anilines is 2. The summed E-state index contributed by atoms with van der Waals surface area (Å²) >= 11 is 0. The average molecular weight is 596 g/mol. The second-order valence-electron chi connectivity index (χ2n) is 11.4. The fraction of sp³-hybridized carbons (Fsp3) is 0.303. The van der Waals surface area contributed by atoms with Gasteiger partial charge in [-0.25, -0.2) is 23.4 Å². The third-order valence-corrected chi connectivity index (χ3v) is 9.45. The van der Waals surface area contributed by atoms with Gasteiger partial charge in [0.25, 0.3) is 0 Å². The Bertz CT molecular complexity index is 1860. The van der Waals surface area contributed by atoms with Crippen molar-refractivity contribution in [3.63, 3.8) is 0 Å². The Morgan fingerprint density at radius 1 is 0.814 bits per heavy atom. The van der Waals surface area contributed by atoms with Gasteiger partial charge in [0.05, 0.1) is 15.9 Å². The monoisotopic (exact) mass is 595 g/mol. The van der Waals surface area contributed by atoms with Crippen molar-refractivity contribution in [3.8, 4) is 33.6 Å². The van der Waals surface area contributed by atoms with Gasteiger partial charge in [-0.15, -0.1) is 0 Å². The van der Waals surface area contributed by atoms with Crippen LogP contribution in [0.3, 0.4) is 0 Å². The lowest BCUT2D eigenvalue weighted by atomic mass is 9.98. The molecule has 1 aliphatic rings. The molecule has 1 saturated heterocycles. The quantitative estimate of drug-likeness (QED) is 0.269.